The summed E-state index contributed by atoms with van der Waals surface area (Å²) in [4.78, 5) is 73.5. The Kier molecular flexibility index (Phi) is 22.8. The van der Waals surface area contributed by atoms with E-state index in [4.69, 9.17) is 19.9 Å². The fourth-order valence-electron chi connectivity index (χ4n) is 8.27. The number of benzene rings is 2. The molecule has 2 aromatic carbocycles. The number of hydrogen-bond acceptors (Lipinski definition) is 13. The summed E-state index contributed by atoms with van der Waals surface area (Å²) in [5, 5.41) is 27.1. The summed E-state index contributed by atoms with van der Waals surface area (Å²) in [7, 11) is -8.34. The van der Waals surface area contributed by atoms with Crippen LogP contribution in [-0.2, 0) is 42.9 Å². The van der Waals surface area contributed by atoms with Crippen LogP contribution in [0.5, 0.6) is 0 Å². The van der Waals surface area contributed by atoms with Gasteiger partial charge in [0, 0.05) is 40.7 Å². The molecule has 2 aliphatic carbocycles. The normalized spacial score (nSPS) is 18.1. The average Bonchev–Trinajstić information content (AvgIpc) is 3.29. The fraction of sp³-hybridized carbons (Fsp3) is 0.625. The second kappa shape index (κ2) is 26.9. The van der Waals surface area contributed by atoms with Crippen molar-refractivity contribution in [2.75, 3.05) is 24.3 Å². The molecule has 0 aliphatic heterocycles. The van der Waals surface area contributed by atoms with Crippen molar-refractivity contribution in [1.82, 2.24) is 10.6 Å². The molecule has 0 heterocycles. The first-order valence-electron chi connectivity index (χ1n) is 23.9. The number of ketones is 2. The summed E-state index contributed by atoms with van der Waals surface area (Å²) in [5.41, 5.74) is 5.54. The zero-order valence-electron chi connectivity index (χ0n) is 40.5. The number of fused-ring (bicyclic) bond motifs is 2. The third-order valence-corrected chi connectivity index (χ3v) is 16.2. The molecule has 1 unspecified atom stereocenters. The molecule has 0 aromatic heterocycles. The predicted octanol–water partition coefficient (Wildman–Crippen LogP) is 8.46. The summed E-state index contributed by atoms with van der Waals surface area (Å²) in [5.74, 6) is -7.85. The minimum absolute atomic E-state index is 0.0505. The van der Waals surface area contributed by atoms with Crippen molar-refractivity contribution in [3.8, 4) is 0 Å². The van der Waals surface area contributed by atoms with Gasteiger partial charge in [-0.25, -0.2) is 0 Å². The average molecular weight is 993 g/mol. The first-order valence-corrected chi connectivity index (χ1v) is 26.9. The standard InChI is InChI=1S/C26H29N3O8S.C22H44NO6P/c1-12(13(2)26(33)34)25(32)29-15-9-7-14(8-10-15)28-18-11-19(38(35,36)37)22(27)21-20(18)23(30)16-5-3-4-6-17(16)24(21)31;1-6-9-10-11-12-13-14-15-16-17-20(30(27,28-7-2)29-8-3)23-21(24)18(4)19(5)22(25)26/h3-6,11-15,28H,7-10,27H2,1-2H3,(H,29,32)(H,33,34)(H,35,36,37);18-20H,6-17H2,1-5H3,(H,23,24)(H,25,26)/t12-,13-,14?,15?;18-,19-,20?/m11/s1. The number of unbranched alkanes of at least 4 members (excludes halogenated alkanes) is 8. The lowest BCUT2D eigenvalue weighted by molar-refractivity contribution is -0.146. The molecule has 4 rings (SSSR count). The number of carboxylic acid groups (broad SMARTS) is 2. The van der Waals surface area contributed by atoms with Crippen molar-refractivity contribution in [2.24, 2.45) is 23.7 Å². The Morgan fingerprint density at radius 3 is 1.65 bits per heavy atom. The highest BCUT2D eigenvalue weighted by Gasteiger charge is 2.40. The molecule has 2 amide bonds. The van der Waals surface area contributed by atoms with E-state index in [1.54, 1.807) is 39.8 Å². The number of amides is 2. The Balaban J connectivity index is 0.000000373. The molecule has 8 N–H and O–H groups in total. The largest absolute Gasteiger partial charge is 0.481 e. The fourth-order valence-corrected chi connectivity index (χ4v) is 10.9. The van der Waals surface area contributed by atoms with Gasteiger partial charge in [-0.3, -0.25) is 37.9 Å². The van der Waals surface area contributed by atoms with Gasteiger partial charge >= 0.3 is 19.5 Å². The zero-order chi connectivity index (χ0) is 50.9. The number of nitrogens with two attached hydrogens (primary N) is 1. The van der Waals surface area contributed by atoms with Crippen LogP contribution in [0, 0.1) is 23.7 Å². The number of nitrogens with one attached hydrogen (secondary N) is 3. The maximum atomic E-state index is 13.4. The van der Waals surface area contributed by atoms with E-state index in [0.29, 0.717) is 32.1 Å². The molecule has 2 aromatic rings. The van der Waals surface area contributed by atoms with Crippen LogP contribution in [-0.4, -0.2) is 89.6 Å². The predicted molar refractivity (Wildman–Crippen MR) is 258 cm³/mol. The second-order valence-electron chi connectivity index (χ2n) is 17.8. The van der Waals surface area contributed by atoms with E-state index in [1.165, 1.54) is 64.5 Å². The number of aliphatic carboxylic acids is 2. The van der Waals surface area contributed by atoms with Crippen LogP contribution in [0.15, 0.2) is 35.2 Å². The highest BCUT2D eigenvalue weighted by Crippen LogP contribution is 2.53. The molecule has 18 nitrogen and oxygen atoms in total. The van der Waals surface area contributed by atoms with Gasteiger partial charge in [0.15, 0.2) is 11.6 Å². The van der Waals surface area contributed by atoms with Crippen molar-refractivity contribution in [3.05, 3.63) is 52.6 Å². The molecule has 5 atom stereocenters. The lowest BCUT2D eigenvalue weighted by Gasteiger charge is -2.32. The highest BCUT2D eigenvalue weighted by molar-refractivity contribution is 7.86. The Hall–Kier alpha value is -4.68. The summed E-state index contributed by atoms with van der Waals surface area (Å²) >= 11 is 0. The Morgan fingerprint density at radius 1 is 0.721 bits per heavy atom. The van der Waals surface area contributed by atoms with Crippen LogP contribution in [0.4, 0.5) is 11.4 Å². The van der Waals surface area contributed by atoms with E-state index in [0.717, 1.165) is 25.3 Å². The number of carbonyl (C=O) groups is 6. The number of hydrogen-bond donors (Lipinski definition) is 7. The zero-order valence-corrected chi connectivity index (χ0v) is 42.2. The summed E-state index contributed by atoms with van der Waals surface area (Å²) in [6, 6.07) is 6.83. The highest BCUT2D eigenvalue weighted by atomic mass is 32.2. The Labute approximate surface area is 400 Å². The first kappa shape index (κ1) is 57.6. The maximum absolute atomic E-state index is 13.4. The smallest absolute Gasteiger partial charge is 0.352 e. The van der Waals surface area contributed by atoms with Gasteiger partial charge in [-0.05, 0) is 52.0 Å². The van der Waals surface area contributed by atoms with E-state index < -0.39 is 87.2 Å². The third-order valence-electron chi connectivity index (χ3n) is 12.9. The van der Waals surface area contributed by atoms with Gasteiger partial charge in [0.05, 0.1) is 41.9 Å². The molecular formula is C48H73N4O14PS. The van der Waals surface area contributed by atoms with Crippen LogP contribution < -0.4 is 21.7 Å². The maximum Gasteiger partial charge on any atom is 0.352 e. The summed E-state index contributed by atoms with van der Waals surface area (Å²) < 4.78 is 58.1. The van der Waals surface area contributed by atoms with Crippen LogP contribution >= 0.6 is 7.60 Å². The van der Waals surface area contributed by atoms with Gasteiger partial charge < -0.3 is 40.9 Å². The van der Waals surface area contributed by atoms with E-state index in [1.807, 2.05) is 0 Å². The van der Waals surface area contributed by atoms with Gasteiger partial charge in [0.1, 0.15) is 10.7 Å². The van der Waals surface area contributed by atoms with E-state index >= 15 is 0 Å². The number of carbonyl (C=O) groups excluding carboxylic acids is 4. The molecule has 68 heavy (non-hydrogen) atoms. The molecule has 0 bridgehead atoms. The first-order chi connectivity index (χ1) is 32.0. The quantitative estimate of drug-likeness (QED) is 0.0172. The molecule has 0 radical (unpaired) electrons. The molecule has 0 saturated heterocycles. The van der Waals surface area contributed by atoms with Crippen molar-refractivity contribution in [1.29, 1.82) is 0 Å². The lowest BCUT2D eigenvalue weighted by Crippen LogP contribution is -2.44. The number of nitrogen functional groups attached to an aromatic ring is 1. The minimum Gasteiger partial charge on any atom is -0.481 e. The van der Waals surface area contributed by atoms with Crippen molar-refractivity contribution in [3.63, 3.8) is 0 Å². The van der Waals surface area contributed by atoms with Crippen molar-refractivity contribution >= 4 is 64.4 Å². The molecular weight excluding hydrogens is 920 g/mol. The monoisotopic (exact) mass is 992 g/mol. The van der Waals surface area contributed by atoms with E-state index in [9.17, 15) is 51.4 Å². The number of anilines is 2. The summed E-state index contributed by atoms with van der Waals surface area (Å²) in [6.07, 6.45) is 13.1. The molecule has 380 valence electrons. The van der Waals surface area contributed by atoms with E-state index in [-0.39, 0.29) is 59.1 Å². The molecule has 1 fully saturated rings. The van der Waals surface area contributed by atoms with Crippen molar-refractivity contribution < 1.29 is 65.6 Å². The number of carboxylic acids is 2. The molecule has 0 spiro atoms. The topological polar surface area (TPSA) is 295 Å². The summed E-state index contributed by atoms with van der Waals surface area (Å²) in [6.45, 7) is 12.2. The van der Waals surface area contributed by atoms with Gasteiger partial charge in [-0.15, -0.1) is 0 Å². The van der Waals surface area contributed by atoms with Gasteiger partial charge in [-0.1, -0.05) is 117 Å². The van der Waals surface area contributed by atoms with Gasteiger partial charge in [0.2, 0.25) is 11.8 Å². The van der Waals surface area contributed by atoms with Crippen LogP contribution in [0.2, 0.25) is 0 Å². The second-order valence-corrected chi connectivity index (χ2v) is 21.4. The minimum atomic E-state index is -4.81. The van der Waals surface area contributed by atoms with Gasteiger partial charge in [0.25, 0.3) is 10.1 Å². The van der Waals surface area contributed by atoms with E-state index in [2.05, 4.69) is 22.9 Å². The molecule has 2 aliphatic rings. The molecule has 1 saturated carbocycles. The SMILES string of the molecule is CCCCCCCCCCCC(NC(=O)[C@H](C)[C@@H](C)C(=O)O)P(=O)(OCC)OCC.C[C@@H](C(=O)O)[C@@H](C)C(=O)NC1CCC(Nc2cc(S(=O)(=O)O)c(N)c3c2C(=O)c2ccccc2C3=O)CC1. The third kappa shape index (κ3) is 15.7. The lowest BCUT2D eigenvalue weighted by atomic mass is 9.82. The Bertz CT molecular complexity index is 2240. The Morgan fingerprint density at radius 2 is 1.18 bits per heavy atom. The van der Waals surface area contributed by atoms with Crippen LogP contribution in [0.1, 0.15) is 170 Å². The van der Waals surface area contributed by atoms with Gasteiger partial charge in [-0.2, -0.15) is 8.42 Å². The number of rotatable bonds is 26. The van der Waals surface area contributed by atoms with Crippen molar-refractivity contribution in [2.45, 2.75) is 161 Å². The molecule has 20 heteroatoms. The van der Waals surface area contributed by atoms with Crippen LogP contribution in [0.3, 0.4) is 0 Å². The van der Waals surface area contributed by atoms with Crippen LogP contribution in [0.25, 0.3) is 0 Å².